The van der Waals surface area contributed by atoms with Gasteiger partial charge in [-0.05, 0) is 43.0 Å². The number of hydrogen-bond acceptors (Lipinski definition) is 5. The molecule has 1 aliphatic rings. The molecule has 0 saturated carbocycles. The topological polar surface area (TPSA) is 88.6 Å². The van der Waals surface area contributed by atoms with E-state index in [2.05, 4.69) is 10.3 Å². The van der Waals surface area contributed by atoms with Crippen LogP contribution in [0.15, 0.2) is 59.8 Å². The minimum atomic E-state index is -3.49. The molecule has 27 heavy (non-hydrogen) atoms. The molecule has 0 atom stereocenters. The molecular weight excluding hydrogens is 366 g/mol. The first kappa shape index (κ1) is 19.3. The number of sulfonamides is 1. The van der Waals surface area contributed by atoms with Crippen LogP contribution in [-0.4, -0.2) is 49.9 Å². The maximum absolute atomic E-state index is 12.6. The van der Waals surface area contributed by atoms with Gasteiger partial charge in [0.1, 0.15) is 10.6 Å². The molecule has 0 unspecified atom stereocenters. The SMILES string of the molecule is O=C(COc1ccccc1)NCC1CCN(S(=O)(=O)c2cccnc2)CC1. The second-order valence-electron chi connectivity index (χ2n) is 6.44. The number of nitrogens with zero attached hydrogens (tertiary/aromatic N) is 2. The van der Waals surface area contributed by atoms with Gasteiger partial charge in [0.15, 0.2) is 6.61 Å². The fourth-order valence-electron chi connectivity index (χ4n) is 2.98. The summed E-state index contributed by atoms with van der Waals surface area (Å²) in [6, 6.07) is 12.3. The number of piperidine rings is 1. The molecule has 144 valence electrons. The van der Waals surface area contributed by atoms with Crippen LogP contribution in [0.4, 0.5) is 0 Å². The Kier molecular flexibility index (Phi) is 6.41. The number of ether oxygens (including phenoxy) is 1. The van der Waals surface area contributed by atoms with Crippen LogP contribution in [0.5, 0.6) is 5.75 Å². The van der Waals surface area contributed by atoms with Crippen LogP contribution >= 0.6 is 0 Å². The zero-order chi connectivity index (χ0) is 19.1. The number of nitrogens with one attached hydrogen (secondary N) is 1. The van der Waals surface area contributed by atoms with Crippen molar-refractivity contribution >= 4 is 15.9 Å². The number of carbonyl (C=O) groups is 1. The largest absolute Gasteiger partial charge is 0.484 e. The number of rotatable bonds is 7. The van der Waals surface area contributed by atoms with Crippen molar-refractivity contribution in [1.29, 1.82) is 0 Å². The van der Waals surface area contributed by atoms with E-state index < -0.39 is 10.0 Å². The summed E-state index contributed by atoms with van der Waals surface area (Å²) in [5.74, 6) is 0.733. The van der Waals surface area contributed by atoms with Crippen molar-refractivity contribution in [3.63, 3.8) is 0 Å². The van der Waals surface area contributed by atoms with Crippen LogP contribution in [0.1, 0.15) is 12.8 Å². The summed E-state index contributed by atoms with van der Waals surface area (Å²) in [5.41, 5.74) is 0. The number of carbonyl (C=O) groups excluding carboxylic acids is 1. The molecule has 1 fully saturated rings. The van der Waals surface area contributed by atoms with Crippen LogP contribution in [0.2, 0.25) is 0 Å². The van der Waals surface area contributed by atoms with E-state index in [1.54, 1.807) is 30.5 Å². The van der Waals surface area contributed by atoms with E-state index >= 15 is 0 Å². The standard InChI is InChI=1S/C19H23N3O4S/c23-19(15-26-17-5-2-1-3-6-17)21-13-16-8-11-22(12-9-16)27(24,25)18-7-4-10-20-14-18/h1-7,10,14,16H,8-9,11-13,15H2,(H,21,23). The lowest BCUT2D eigenvalue weighted by molar-refractivity contribution is -0.123. The summed E-state index contributed by atoms with van der Waals surface area (Å²) in [4.78, 5) is 16.0. The van der Waals surface area contributed by atoms with Gasteiger partial charge in [-0.25, -0.2) is 8.42 Å². The lowest BCUT2D eigenvalue weighted by atomic mass is 9.98. The van der Waals surface area contributed by atoms with E-state index in [-0.39, 0.29) is 23.3 Å². The van der Waals surface area contributed by atoms with Crippen LogP contribution in [0, 0.1) is 5.92 Å². The van der Waals surface area contributed by atoms with Crippen molar-refractivity contribution in [2.45, 2.75) is 17.7 Å². The Balaban J connectivity index is 1.41. The van der Waals surface area contributed by atoms with Crippen LogP contribution in [-0.2, 0) is 14.8 Å². The number of aromatic nitrogens is 1. The third-order valence-corrected chi connectivity index (χ3v) is 6.43. The fraction of sp³-hybridized carbons (Fsp3) is 0.368. The zero-order valence-corrected chi connectivity index (χ0v) is 15.8. The Morgan fingerprint density at radius 2 is 1.89 bits per heavy atom. The number of para-hydroxylation sites is 1. The fourth-order valence-corrected chi connectivity index (χ4v) is 4.41. The second kappa shape index (κ2) is 8.96. The normalized spacial score (nSPS) is 16.0. The molecule has 1 aliphatic heterocycles. The highest BCUT2D eigenvalue weighted by molar-refractivity contribution is 7.89. The van der Waals surface area contributed by atoms with Gasteiger partial charge in [0.25, 0.3) is 5.91 Å². The predicted octanol–water partition coefficient (Wildman–Crippen LogP) is 1.68. The van der Waals surface area contributed by atoms with Crippen LogP contribution in [0.3, 0.4) is 0 Å². The predicted molar refractivity (Wildman–Crippen MR) is 101 cm³/mol. The molecular formula is C19H23N3O4S. The van der Waals surface area contributed by atoms with Gasteiger partial charge in [0, 0.05) is 32.0 Å². The first-order chi connectivity index (χ1) is 13.1. The number of benzene rings is 1. The molecule has 3 rings (SSSR count). The van der Waals surface area contributed by atoms with Gasteiger partial charge in [-0.15, -0.1) is 0 Å². The molecule has 0 aliphatic carbocycles. The molecule has 0 bridgehead atoms. The summed E-state index contributed by atoms with van der Waals surface area (Å²) in [6.07, 6.45) is 4.34. The van der Waals surface area contributed by atoms with E-state index in [1.807, 2.05) is 18.2 Å². The quantitative estimate of drug-likeness (QED) is 0.778. The van der Waals surface area contributed by atoms with Gasteiger partial charge >= 0.3 is 0 Å². The zero-order valence-electron chi connectivity index (χ0n) is 15.0. The number of pyridine rings is 1. The molecule has 2 heterocycles. The maximum Gasteiger partial charge on any atom is 0.257 e. The highest BCUT2D eigenvalue weighted by atomic mass is 32.2. The minimum Gasteiger partial charge on any atom is -0.484 e. The third-order valence-electron chi connectivity index (χ3n) is 4.55. The van der Waals surface area contributed by atoms with Crippen LogP contribution < -0.4 is 10.1 Å². The molecule has 1 aromatic heterocycles. The lowest BCUT2D eigenvalue weighted by Crippen LogP contribution is -2.42. The Hall–Kier alpha value is -2.45. The maximum atomic E-state index is 12.6. The molecule has 1 amide bonds. The van der Waals surface area contributed by atoms with E-state index in [4.69, 9.17) is 4.74 Å². The molecule has 1 aromatic carbocycles. The van der Waals surface area contributed by atoms with Gasteiger partial charge in [0.2, 0.25) is 10.0 Å². The third kappa shape index (κ3) is 5.27. The van der Waals surface area contributed by atoms with E-state index in [0.717, 1.165) is 0 Å². The van der Waals surface area contributed by atoms with Crippen molar-refractivity contribution in [3.8, 4) is 5.75 Å². The average molecular weight is 389 g/mol. The van der Waals surface area contributed by atoms with E-state index in [0.29, 0.717) is 38.2 Å². The summed E-state index contributed by atoms with van der Waals surface area (Å²) in [7, 11) is -3.49. The summed E-state index contributed by atoms with van der Waals surface area (Å²) in [5, 5.41) is 2.87. The number of hydrogen-bond donors (Lipinski definition) is 1. The Morgan fingerprint density at radius 3 is 2.56 bits per heavy atom. The first-order valence-corrected chi connectivity index (χ1v) is 10.3. The van der Waals surface area contributed by atoms with E-state index in [9.17, 15) is 13.2 Å². The summed E-state index contributed by atoms with van der Waals surface area (Å²) >= 11 is 0. The highest BCUT2D eigenvalue weighted by Crippen LogP contribution is 2.23. The molecule has 0 radical (unpaired) electrons. The number of amides is 1. The Bertz CT molecular complexity index is 836. The van der Waals surface area contributed by atoms with Gasteiger partial charge in [-0.3, -0.25) is 9.78 Å². The van der Waals surface area contributed by atoms with Crippen molar-refractivity contribution in [2.75, 3.05) is 26.2 Å². The van der Waals surface area contributed by atoms with Crippen molar-refractivity contribution in [3.05, 3.63) is 54.9 Å². The van der Waals surface area contributed by atoms with Gasteiger partial charge < -0.3 is 10.1 Å². The van der Waals surface area contributed by atoms with E-state index in [1.165, 1.54) is 10.5 Å². The second-order valence-corrected chi connectivity index (χ2v) is 8.38. The van der Waals surface area contributed by atoms with Crippen molar-refractivity contribution < 1.29 is 17.9 Å². The molecule has 1 N–H and O–H groups in total. The monoisotopic (exact) mass is 389 g/mol. The van der Waals surface area contributed by atoms with Gasteiger partial charge in [0.05, 0.1) is 0 Å². The lowest BCUT2D eigenvalue weighted by Gasteiger charge is -2.31. The van der Waals surface area contributed by atoms with Crippen LogP contribution in [0.25, 0.3) is 0 Å². The first-order valence-electron chi connectivity index (χ1n) is 8.90. The molecule has 0 spiro atoms. The molecule has 2 aromatic rings. The van der Waals surface area contributed by atoms with Gasteiger partial charge in [-0.1, -0.05) is 18.2 Å². The molecule has 1 saturated heterocycles. The molecule has 8 heteroatoms. The summed E-state index contributed by atoms with van der Waals surface area (Å²) < 4.78 is 32.1. The Labute approximate surface area is 159 Å². The molecule has 7 nitrogen and oxygen atoms in total. The average Bonchev–Trinajstić information content (AvgIpc) is 2.72. The highest BCUT2D eigenvalue weighted by Gasteiger charge is 2.29. The minimum absolute atomic E-state index is 0.0295. The van der Waals surface area contributed by atoms with Crippen molar-refractivity contribution in [2.24, 2.45) is 5.92 Å². The van der Waals surface area contributed by atoms with Crippen molar-refractivity contribution in [1.82, 2.24) is 14.6 Å². The summed E-state index contributed by atoms with van der Waals surface area (Å²) in [6.45, 7) is 1.38. The van der Waals surface area contributed by atoms with Gasteiger partial charge in [-0.2, -0.15) is 4.31 Å². The smallest absolute Gasteiger partial charge is 0.257 e. The Morgan fingerprint density at radius 1 is 1.15 bits per heavy atom.